The molecule has 2 aromatic rings. The van der Waals surface area contributed by atoms with Crippen LogP contribution in [0.2, 0.25) is 0 Å². The molecular formula is C21H27N3O4. The van der Waals surface area contributed by atoms with Crippen LogP contribution in [0.25, 0.3) is 0 Å². The quantitative estimate of drug-likeness (QED) is 0.819. The van der Waals surface area contributed by atoms with Crippen molar-refractivity contribution >= 4 is 5.91 Å². The van der Waals surface area contributed by atoms with Crippen molar-refractivity contribution in [2.75, 3.05) is 13.2 Å². The average Bonchev–Trinajstić information content (AvgIpc) is 3.39. The standard InChI is InChI=1S/C21H27N3O4/c1-15-22-20(24-28-15)21(10-3-2-4-11-21)23-19(25)16-7-5-8-17(13-16)27-14-18-9-6-12-26-18/h5,7-8,13,18H,2-4,6,9-12,14H2,1H3,(H,23,25)/t18-/m0/s1. The molecule has 1 aromatic heterocycles. The van der Waals surface area contributed by atoms with Crippen LogP contribution in [0.4, 0.5) is 0 Å². The number of benzene rings is 1. The van der Waals surface area contributed by atoms with Crippen LogP contribution in [0.5, 0.6) is 5.75 Å². The molecule has 0 unspecified atom stereocenters. The topological polar surface area (TPSA) is 86.5 Å². The minimum atomic E-state index is -0.568. The van der Waals surface area contributed by atoms with E-state index in [1.807, 2.05) is 12.1 Å². The van der Waals surface area contributed by atoms with Gasteiger partial charge in [-0.2, -0.15) is 4.98 Å². The Labute approximate surface area is 164 Å². The number of amides is 1. The zero-order valence-electron chi connectivity index (χ0n) is 16.3. The minimum absolute atomic E-state index is 0.143. The van der Waals surface area contributed by atoms with Gasteiger partial charge in [0.15, 0.2) is 5.82 Å². The molecular weight excluding hydrogens is 358 g/mol. The Hall–Kier alpha value is -2.41. The molecule has 7 heteroatoms. The zero-order chi connectivity index (χ0) is 19.4. The lowest BCUT2D eigenvalue weighted by atomic mass is 9.80. The molecule has 150 valence electrons. The Morgan fingerprint density at radius 1 is 1.29 bits per heavy atom. The molecule has 2 fully saturated rings. The normalized spacial score (nSPS) is 21.4. The van der Waals surface area contributed by atoms with Gasteiger partial charge in [0, 0.05) is 19.1 Å². The van der Waals surface area contributed by atoms with E-state index in [0.717, 1.165) is 51.6 Å². The first-order valence-corrected chi connectivity index (χ1v) is 10.1. The van der Waals surface area contributed by atoms with Crippen molar-refractivity contribution in [3.8, 4) is 5.75 Å². The van der Waals surface area contributed by atoms with E-state index >= 15 is 0 Å². The molecule has 1 amide bonds. The van der Waals surface area contributed by atoms with Gasteiger partial charge in [-0.15, -0.1) is 0 Å². The van der Waals surface area contributed by atoms with E-state index in [2.05, 4.69) is 15.5 Å². The number of carbonyl (C=O) groups is 1. The van der Waals surface area contributed by atoms with E-state index in [0.29, 0.717) is 29.6 Å². The van der Waals surface area contributed by atoms with Crippen LogP contribution >= 0.6 is 0 Å². The summed E-state index contributed by atoms with van der Waals surface area (Å²) in [6.07, 6.45) is 7.07. The number of nitrogens with zero attached hydrogens (tertiary/aromatic N) is 2. The van der Waals surface area contributed by atoms with Gasteiger partial charge in [-0.3, -0.25) is 4.79 Å². The lowest BCUT2D eigenvalue weighted by molar-refractivity contribution is 0.0679. The minimum Gasteiger partial charge on any atom is -0.491 e. The molecule has 1 aliphatic carbocycles. The van der Waals surface area contributed by atoms with E-state index in [-0.39, 0.29) is 12.0 Å². The predicted molar refractivity (Wildman–Crippen MR) is 102 cm³/mol. The van der Waals surface area contributed by atoms with Gasteiger partial charge in [0.1, 0.15) is 17.9 Å². The van der Waals surface area contributed by atoms with Gasteiger partial charge in [-0.05, 0) is 43.9 Å². The third kappa shape index (κ3) is 4.19. The summed E-state index contributed by atoms with van der Waals surface area (Å²) in [4.78, 5) is 17.4. The van der Waals surface area contributed by atoms with Gasteiger partial charge >= 0.3 is 0 Å². The maximum absolute atomic E-state index is 13.0. The molecule has 0 spiro atoms. The van der Waals surface area contributed by atoms with Crippen LogP contribution in [0, 0.1) is 6.92 Å². The number of hydrogen-bond acceptors (Lipinski definition) is 6. The van der Waals surface area contributed by atoms with Crippen LogP contribution in [-0.4, -0.2) is 35.4 Å². The SMILES string of the molecule is Cc1nc(C2(NC(=O)c3cccc(OC[C@@H]4CCCO4)c3)CCCCC2)no1. The molecule has 7 nitrogen and oxygen atoms in total. The molecule has 1 N–H and O–H groups in total. The van der Waals surface area contributed by atoms with Crippen molar-refractivity contribution in [3.05, 3.63) is 41.5 Å². The number of carbonyl (C=O) groups excluding carboxylic acids is 1. The molecule has 2 heterocycles. The molecule has 0 bridgehead atoms. The van der Waals surface area contributed by atoms with Crippen LogP contribution in [0.15, 0.2) is 28.8 Å². The van der Waals surface area contributed by atoms with Gasteiger partial charge in [-0.1, -0.05) is 30.5 Å². The number of ether oxygens (including phenoxy) is 2. The molecule has 1 saturated heterocycles. The molecule has 4 rings (SSSR count). The summed E-state index contributed by atoms with van der Waals surface area (Å²) in [6.45, 7) is 3.08. The fourth-order valence-electron chi connectivity index (χ4n) is 4.04. The fraction of sp³-hybridized carbons (Fsp3) is 0.571. The molecule has 2 aliphatic rings. The van der Waals surface area contributed by atoms with Crippen molar-refractivity contribution in [1.29, 1.82) is 0 Å². The van der Waals surface area contributed by atoms with E-state index < -0.39 is 5.54 Å². The van der Waals surface area contributed by atoms with Gasteiger partial charge in [-0.25, -0.2) is 0 Å². The molecule has 0 radical (unpaired) electrons. The largest absolute Gasteiger partial charge is 0.491 e. The Bertz CT molecular complexity index is 807. The van der Waals surface area contributed by atoms with E-state index in [1.165, 1.54) is 0 Å². The summed E-state index contributed by atoms with van der Waals surface area (Å²) in [7, 11) is 0. The van der Waals surface area contributed by atoms with Crippen LogP contribution < -0.4 is 10.1 Å². The van der Waals surface area contributed by atoms with Crippen molar-refractivity contribution in [2.45, 2.75) is 63.5 Å². The van der Waals surface area contributed by atoms with Gasteiger partial charge in [0.05, 0.1) is 6.10 Å². The van der Waals surface area contributed by atoms with Crippen molar-refractivity contribution < 1.29 is 18.8 Å². The second-order valence-corrected chi connectivity index (χ2v) is 7.71. The maximum Gasteiger partial charge on any atom is 0.252 e. The van der Waals surface area contributed by atoms with E-state index in [9.17, 15) is 4.79 Å². The van der Waals surface area contributed by atoms with Gasteiger partial charge < -0.3 is 19.3 Å². The van der Waals surface area contributed by atoms with Crippen LogP contribution in [-0.2, 0) is 10.3 Å². The van der Waals surface area contributed by atoms with Gasteiger partial charge in [0.2, 0.25) is 5.89 Å². The van der Waals surface area contributed by atoms with Crippen molar-refractivity contribution in [3.63, 3.8) is 0 Å². The highest BCUT2D eigenvalue weighted by atomic mass is 16.5. The first kappa shape index (κ1) is 18.9. The summed E-state index contributed by atoms with van der Waals surface area (Å²) in [5.74, 6) is 1.62. The number of nitrogens with one attached hydrogen (secondary N) is 1. The van der Waals surface area contributed by atoms with E-state index in [1.54, 1.807) is 19.1 Å². The Kier molecular flexibility index (Phi) is 5.62. The number of aromatic nitrogens is 2. The lowest BCUT2D eigenvalue weighted by Gasteiger charge is -2.35. The summed E-state index contributed by atoms with van der Waals surface area (Å²) < 4.78 is 16.6. The third-order valence-electron chi connectivity index (χ3n) is 5.57. The van der Waals surface area contributed by atoms with Crippen molar-refractivity contribution in [2.24, 2.45) is 0 Å². The molecule has 1 saturated carbocycles. The molecule has 1 aromatic carbocycles. The number of rotatable bonds is 6. The van der Waals surface area contributed by atoms with Crippen LogP contribution in [0.3, 0.4) is 0 Å². The first-order chi connectivity index (χ1) is 13.6. The summed E-state index contributed by atoms with van der Waals surface area (Å²) in [6, 6.07) is 7.28. The molecule has 1 atom stereocenters. The molecule has 1 aliphatic heterocycles. The number of aryl methyl sites for hydroxylation is 1. The monoisotopic (exact) mass is 385 g/mol. The highest BCUT2D eigenvalue weighted by Crippen LogP contribution is 2.36. The zero-order valence-corrected chi connectivity index (χ0v) is 16.3. The highest BCUT2D eigenvalue weighted by molar-refractivity contribution is 5.95. The average molecular weight is 385 g/mol. The van der Waals surface area contributed by atoms with Crippen molar-refractivity contribution in [1.82, 2.24) is 15.5 Å². The summed E-state index contributed by atoms with van der Waals surface area (Å²) >= 11 is 0. The smallest absolute Gasteiger partial charge is 0.252 e. The Morgan fingerprint density at radius 2 is 2.14 bits per heavy atom. The first-order valence-electron chi connectivity index (χ1n) is 10.1. The highest BCUT2D eigenvalue weighted by Gasteiger charge is 2.39. The lowest BCUT2D eigenvalue weighted by Crippen LogP contribution is -2.48. The third-order valence-corrected chi connectivity index (χ3v) is 5.57. The fourth-order valence-corrected chi connectivity index (χ4v) is 4.04. The maximum atomic E-state index is 13.0. The molecule has 28 heavy (non-hydrogen) atoms. The predicted octanol–water partition coefficient (Wildman–Crippen LogP) is 3.53. The second-order valence-electron chi connectivity index (χ2n) is 7.71. The summed E-state index contributed by atoms with van der Waals surface area (Å²) in [5, 5.41) is 7.31. The Morgan fingerprint density at radius 3 is 2.86 bits per heavy atom. The second kappa shape index (κ2) is 8.31. The number of hydrogen-bond donors (Lipinski definition) is 1. The van der Waals surface area contributed by atoms with Gasteiger partial charge in [0.25, 0.3) is 5.91 Å². The Balaban J connectivity index is 1.47. The van der Waals surface area contributed by atoms with E-state index in [4.69, 9.17) is 14.0 Å². The summed E-state index contributed by atoms with van der Waals surface area (Å²) in [5.41, 5.74) is -0.00299. The van der Waals surface area contributed by atoms with Crippen LogP contribution in [0.1, 0.15) is 67.0 Å².